The molecule has 1 aliphatic carbocycles. The lowest BCUT2D eigenvalue weighted by molar-refractivity contribution is -0.0231. The molecule has 112 valence electrons. The van der Waals surface area contributed by atoms with E-state index in [1.807, 2.05) is 27.7 Å². The summed E-state index contributed by atoms with van der Waals surface area (Å²) in [6.07, 6.45) is 3.92. The zero-order valence-corrected chi connectivity index (χ0v) is 13.0. The lowest BCUT2D eigenvalue weighted by Gasteiger charge is -2.37. The molecule has 4 heteroatoms. The van der Waals surface area contributed by atoms with Gasteiger partial charge in [0.25, 0.3) is 0 Å². The summed E-state index contributed by atoms with van der Waals surface area (Å²) in [5.41, 5.74) is -1.35. The molecular weight excluding hydrogens is 242 g/mol. The standard InChI is InChI=1S/C15H29NO3/c1-11-6-8-12(9-7-11)15(5,18)10-16-13(17)19-14(2,3)4/h11-12,18H,6-10H2,1-5H3,(H,16,17). The fraction of sp³-hybridized carbons (Fsp3) is 0.933. The summed E-state index contributed by atoms with van der Waals surface area (Å²) in [6.45, 7) is 9.80. The molecule has 1 atom stereocenters. The SMILES string of the molecule is CC1CCC(C(C)(O)CNC(=O)OC(C)(C)C)CC1. The molecule has 1 unspecified atom stereocenters. The van der Waals surface area contributed by atoms with Crippen LogP contribution in [0, 0.1) is 11.8 Å². The number of rotatable bonds is 3. The van der Waals surface area contributed by atoms with Crippen molar-refractivity contribution in [3.05, 3.63) is 0 Å². The van der Waals surface area contributed by atoms with Crippen molar-refractivity contribution in [2.75, 3.05) is 6.54 Å². The number of carbonyl (C=O) groups is 1. The molecule has 0 aromatic rings. The van der Waals surface area contributed by atoms with E-state index in [-0.39, 0.29) is 12.5 Å². The summed E-state index contributed by atoms with van der Waals surface area (Å²) in [5, 5.41) is 13.2. The molecule has 1 fully saturated rings. The lowest BCUT2D eigenvalue weighted by Crippen LogP contribution is -2.48. The highest BCUT2D eigenvalue weighted by atomic mass is 16.6. The van der Waals surface area contributed by atoms with Gasteiger partial charge in [-0.1, -0.05) is 19.8 Å². The van der Waals surface area contributed by atoms with Crippen molar-refractivity contribution in [2.24, 2.45) is 11.8 Å². The number of carbonyl (C=O) groups excluding carboxylic acids is 1. The number of amides is 1. The number of hydrogen-bond acceptors (Lipinski definition) is 3. The maximum absolute atomic E-state index is 11.6. The molecule has 1 rings (SSSR count). The molecule has 1 saturated carbocycles. The van der Waals surface area contributed by atoms with Crippen LogP contribution in [0.4, 0.5) is 4.79 Å². The number of aliphatic hydroxyl groups is 1. The van der Waals surface area contributed by atoms with Gasteiger partial charge in [-0.2, -0.15) is 0 Å². The van der Waals surface area contributed by atoms with Crippen LogP contribution in [0.3, 0.4) is 0 Å². The van der Waals surface area contributed by atoms with Gasteiger partial charge in [0.15, 0.2) is 0 Å². The van der Waals surface area contributed by atoms with Gasteiger partial charge >= 0.3 is 6.09 Å². The molecule has 4 nitrogen and oxygen atoms in total. The molecule has 0 aromatic carbocycles. The van der Waals surface area contributed by atoms with Crippen LogP contribution in [0.25, 0.3) is 0 Å². The highest BCUT2D eigenvalue weighted by molar-refractivity contribution is 5.67. The smallest absolute Gasteiger partial charge is 0.407 e. The van der Waals surface area contributed by atoms with Gasteiger partial charge in [0, 0.05) is 6.54 Å². The number of nitrogens with one attached hydrogen (secondary N) is 1. The van der Waals surface area contributed by atoms with Crippen molar-refractivity contribution in [1.82, 2.24) is 5.32 Å². The van der Waals surface area contributed by atoms with E-state index in [0.717, 1.165) is 31.6 Å². The second-order valence-electron chi connectivity index (χ2n) is 7.17. The first-order valence-corrected chi connectivity index (χ1v) is 7.29. The van der Waals surface area contributed by atoms with Gasteiger partial charge in [-0.05, 0) is 52.4 Å². The summed E-state index contributed by atoms with van der Waals surface area (Å²) >= 11 is 0. The van der Waals surface area contributed by atoms with Crippen LogP contribution in [0.2, 0.25) is 0 Å². The van der Waals surface area contributed by atoms with E-state index in [0.29, 0.717) is 0 Å². The third-order valence-electron chi connectivity index (χ3n) is 3.88. The van der Waals surface area contributed by atoms with Gasteiger partial charge in [0.05, 0.1) is 5.60 Å². The molecular formula is C15H29NO3. The zero-order valence-electron chi connectivity index (χ0n) is 13.0. The monoisotopic (exact) mass is 271 g/mol. The minimum Gasteiger partial charge on any atom is -0.444 e. The van der Waals surface area contributed by atoms with Crippen LogP contribution in [0.5, 0.6) is 0 Å². The largest absolute Gasteiger partial charge is 0.444 e. The third-order valence-corrected chi connectivity index (χ3v) is 3.88. The Morgan fingerprint density at radius 3 is 2.21 bits per heavy atom. The molecule has 1 amide bonds. The van der Waals surface area contributed by atoms with E-state index >= 15 is 0 Å². The summed E-state index contributed by atoms with van der Waals surface area (Å²) in [5.74, 6) is 1.02. The molecule has 2 N–H and O–H groups in total. The van der Waals surface area contributed by atoms with Crippen molar-refractivity contribution in [3.63, 3.8) is 0 Å². The molecule has 0 aromatic heterocycles. The average Bonchev–Trinajstić information content (AvgIpc) is 2.25. The molecule has 0 bridgehead atoms. The Bertz CT molecular complexity index is 299. The van der Waals surface area contributed by atoms with Gasteiger partial charge in [-0.25, -0.2) is 4.79 Å². The van der Waals surface area contributed by atoms with Crippen LogP contribution < -0.4 is 5.32 Å². The van der Waals surface area contributed by atoms with E-state index in [2.05, 4.69) is 12.2 Å². The predicted molar refractivity (Wildman–Crippen MR) is 76.0 cm³/mol. The Hall–Kier alpha value is -0.770. The van der Waals surface area contributed by atoms with Crippen molar-refractivity contribution < 1.29 is 14.6 Å². The Labute approximate surface area is 116 Å². The highest BCUT2D eigenvalue weighted by Crippen LogP contribution is 2.35. The number of alkyl carbamates (subject to hydrolysis) is 1. The Balaban J connectivity index is 2.40. The quantitative estimate of drug-likeness (QED) is 0.829. The fourth-order valence-electron chi connectivity index (χ4n) is 2.59. The first-order valence-electron chi connectivity index (χ1n) is 7.29. The van der Waals surface area contributed by atoms with Gasteiger partial charge in [-0.15, -0.1) is 0 Å². The van der Waals surface area contributed by atoms with E-state index in [9.17, 15) is 9.90 Å². The molecule has 19 heavy (non-hydrogen) atoms. The fourth-order valence-corrected chi connectivity index (χ4v) is 2.59. The van der Waals surface area contributed by atoms with E-state index in [4.69, 9.17) is 4.74 Å². The van der Waals surface area contributed by atoms with E-state index in [1.54, 1.807) is 0 Å². The highest BCUT2D eigenvalue weighted by Gasteiger charge is 2.34. The van der Waals surface area contributed by atoms with Crippen LogP contribution in [0.1, 0.15) is 60.3 Å². The molecule has 1 aliphatic rings. The van der Waals surface area contributed by atoms with Gasteiger partial charge in [-0.3, -0.25) is 0 Å². The van der Waals surface area contributed by atoms with E-state index in [1.165, 1.54) is 0 Å². The molecule has 0 heterocycles. The van der Waals surface area contributed by atoms with Crippen LogP contribution in [-0.2, 0) is 4.74 Å². The minimum absolute atomic E-state index is 0.251. The van der Waals surface area contributed by atoms with Crippen molar-refractivity contribution >= 4 is 6.09 Å². The minimum atomic E-state index is -0.850. The first kappa shape index (κ1) is 16.3. The Morgan fingerprint density at radius 1 is 1.21 bits per heavy atom. The first-order chi connectivity index (χ1) is 8.60. The van der Waals surface area contributed by atoms with Crippen LogP contribution >= 0.6 is 0 Å². The number of ether oxygens (including phenoxy) is 1. The summed E-state index contributed by atoms with van der Waals surface area (Å²) in [6, 6.07) is 0. The molecule has 0 spiro atoms. The maximum Gasteiger partial charge on any atom is 0.407 e. The van der Waals surface area contributed by atoms with Gasteiger partial charge in [0.2, 0.25) is 0 Å². The second kappa shape index (κ2) is 6.12. The molecule has 0 saturated heterocycles. The van der Waals surface area contributed by atoms with Crippen LogP contribution in [-0.4, -0.2) is 28.9 Å². The Kier molecular flexibility index (Phi) is 5.25. The van der Waals surface area contributed by atoms with Gasteiger partial charge < -0.3 is 15.2 Å². The van der Waals surface area contributed by atoms with Crippen LogP contribution in [0.15, 0.2) is 0 Å². The summed E-state index contributed by atoms with van der Waals surface area (Å²) in [4.78, 5) is 11.6. The van der Waals surface area contributed by atoms with E-state index < -0.39 is 17.3 Å². The molecule has 0 aliphatic heterocycles. The predicted octanol–water partition coefficient (Wildman–Crippen LogP) is 3.09. The topological polar surface area (TPSA) is 58.6 Å². The summed E-state index contributed by atoms with van der Waals surface area (Å²) in [7, 11) is 0. The second-order valence-corrected chi connectivity index (χ2v) is 7.17. The number of hydrogen-bond donors (Lipinski definition) is 2. The maximum atomic E-state index is 11.6. The summed E-state index contributed by atoms with van der Waals surface area (Å²) < 4.78 is 5.18. The van der Waals surface area contributed by atoms with Crippen molar-refractivity contribution in [2.45, 2.75) is 71.5 Å². The lowest BCUT2D eigenvalue weighted by atomic mass is 9.74. The van der Waals surface area contributed by atoms with Crippen molar-refractivity contribution in [3.8, 4) is 0 Å². The van der Waals surface area contributed by atoms with Gasteiger partial charge in [0.1, 0.15) is 5.60 Å². The molecule has 0 radical (unpaired) electrons. The average molecular weight is 271 g/mol. The van der Waals surface area contributed by atoms with Crippen molar-refractivity contribution in [1.29, 1.82) is 0 Å². The zero-order chi connectivity index (χ0) is 14.7. The normalized spacial score (nSPS) is 27.5. The third kappa shape index (κ3) is 5.81. The Morgan fingerprint density at radius 2 is 1.74 bits per heavy atom.